The van der Waals surface area contributed by atoms with Crippen LogP contribution in [0.5, 0.6) is 0 Å². The van der Waals surface area contributed by atoms with Gasteiger partial charge in [-0.05, 0) is 48.7 Å². The van der Waals surface area contributed by atoms with E-state index in [0.29, 0.717) is 29.8 Å². The van der Waals surface area contributed by atoms with E-state index in [-0.39, 0.29) is 12.3 Å². The van der Waals surface area contributed by atoms with Gasteiger partial charge in [0.15, 0.2) is 0 Å². The first-order valence-corrected chi connectivity index (χ1v) is 8.62. The van der Waals surface area contributed by atoms with Crippen LogP contribution in [0.4, 0.5) is 5.69 Å². The predicted octanol–water partition coefficient (Wildman–Crippen LogP) is 0.0211. The maximum Gasteiger partial charge on any atom is 0.243 e. The van der Waals surface area contributed by atoms with Crippen LogP contribution in [0.1, 0.15) is 5.56 Å². The van der Waals surface area contributed by atoms with Gasteiger partial charge in [0.1, 0.15) is 0 Å². The number of carbonyl (C=O) groups excluding carboxylic acids is 1. The van der Waals surface area contributed by atoms with Crippen molar-refractivity contribution in [1.82, 2.24) is 9.62 Å². The van der Waals surface area contributed by atoms with E-state index in [1.165, 1.54) is 0 Å². The minimum absolute atomic E-state index is 0.0821. The Labute approximate surface area is 123 Å². The number of fused-ring (bicyclic) bond motifs is 2. The average molecular weight is 307 g/mol. The third-order valence-corrected chi connectivity index (χ3v) is 6.52. The molecule has 0 aromatic heterocycles. The molecule has 0 spiro atoms. The first-order valence-electron chi connectivity index (χ1n) is 7.18. The lowest BCUT2D eigenvalue weighted by Crippen LogP contribution is -2.32. The van der Waals surface area contributed by atoms with Gasteiger partial charge in [-0.15, -0.1) is 0 Å². The Morgan fingerprint density at radius 2 is 1.86 bits per heavy atom. The van der Waals surface area contributed by atoms with Crippen molar-refractivity contribution in [2.45, 2.75) is 11.3 Å². The second-order valence-corrected chi connectivity index (χ2v) is 7.98. The van der Waals surface area contributed by atoms with E-state index < -0.39 is 10.0 Å². The van der Waals surface area contributed by atoms with Crippen LogP contribution in [0.3, 0.4) is 0 Å². The first kappa shape index (κ1) is 13.2. The molecule has 6 nitrogen and oxygen atoms in total. The highest BCUT2D eigenvalue weighted by atomic mass is 32.2. The highest BCUT2D eigenvalue weighted by Crippen LogP contribution is 2.32. The number of nitrogens with one attached hydrogen (secondary N) is 2. The molecule has 3 aliphatic rings. The third-order valence-electron chi connectivity index (χ3n) is 4.70. The van der Waals surface area contributed by atoms with Crippen molar-refractivity contribution < 1.29 is 13.2 Å². The third kappa shape index (κ3) is 2.07. The van der Waals surface area contributed by atoms with Crippen molar-refractivity contribution in [1.29, 1.82) is 0 Å². The molecule has 7 heteroatoms. The molecule has 1 amide bonds. The Kier molecular flexibility index (Phi) is 2.85. The molecule has 2 saturated heterocycles. The number of carbonyl (C=O) groups is 1. The molecule has 0 unspecified atom stereocenters. The number of sulfonamides is 1. The van der Waals surface area contributed by atoms with E-state index in [1.807, 2.05) is 0 Å². The smallest absolute Gasteiger partial charge is 0.243 e. The zero-order chi connectivity index (χ0) is 14.6. The van der Waals surface area contributed by atoms with Crippen molar-refractivity contribution in [3.63, 3.8) is 0 Å². The molecule has 0 bridgehead atoms. The van der Waals surface area contributed by atoms with E-state index in [2.05, 4.69) is 10.6 Å². The van der Waals surface area contributed by atoms with Gasteiger partial charge in [-0.3, -0.25) is 4.79 Å². The zero-order valence-corrected chi connectivity index (χ0v) is 12.3. The molecule has 112 valence electrons. The summed E-state index contributed by atoms with van der Waals surface area (Å²) in [6.45, 7) is 2.99. The number of amides is 1. The van der Waals surface area contributed by atoms with E-state index in [9.17, 15) is 13.2 Å². The number of anilines is 1. The van der Waals surface area contributed by atoms with Gasteiger partial charge in [0.25, 0.3) is 0 Å². The Bertz CT molecular complexity index is 704. The van der Waals surface area contributed by atoms with E-state index in [1.54, 1.807) is 22.5 Å². The number of nitrogens with zero attached hydrogens (tertiary/aromatic N) is 1. The maximum absolute atomic E-state index is 12.7. The maximum atomic E-state index is 12.7. The van der Waals surface area contributed by atoms with Gasteiger partial charge < -0.3 is 10.6 Å². The number of hydrogen-bond acceptors (Lipinski definition) is 4. The second-order valence-electron chi connectivity index (χ2n) is 6.04. The minimum atomic E-state index is -3.45. The summed E-state index contributed by atoms with van der Waals surface area (Å²) in [6, 6.07) is 4.91. The fraction of sp³-hybridized carbons (Fsp3) is 0.500. The van der Waals surface area contributed by atoms with Crippen molar-refractivity contribution in [3.05, 3.63) is 23.8 Å². The summed E-state index contributed by atoms with van der Waals surface area (Å²) >= 11 is 0. The van der Waals surface area contributed by atoms with Gasteiger partial charge >= 0.3 is 0 Å². The van der Waals surface area contributed by atoms with Gasteiger partial charge in [0.2, 0.25) is 15.9 Å². The fourth-order valence-electron chi connectivity index (χ4n) is 3.52. The highest BCUT2D eigenvalue weighted by Gasteiger charge is 2.41. The highest BCUT2D eigenvalue weighted by molar-refractivity contribution is 7.89. The Balaban J connectivity index is 1.64. The lowest BCUT2D eigenvalue weighted by atomic mass is 10.0. The molecule has 2 fully saturated rings. The largest absolute Gasteiger partial charge is 0.326 e. The SMILES string of the molecule is O=C1Cc2cc(S(=O)(=O)N3C[C@H]4CNC[C@H]4C3)ccc2N1. The molecule has 0 radical (unpaired) electrons. The summed E-state index contributed by atoms with van der Waals surface area (Å²) in [5.74, 6) is 0.774. The molecule has 0 saturated carbocycles. The molecule has 21 heavy (non-hydrogen) atoms. The van der Waals surface area contributed by atoms with Crippen LogP contribution in [0, 0.1) is 11.8 Å². The lowest BCUT2D eigenvalue weighted by molar-refractivity contribution is -0.115. The average Bonchev–Trinajstić information content (AvgIpc) is 3.09. The van der Waals surface area contributed by atoms with Crippen molar-refractivity contribution >= 4 is 21.6 Å². The Morgan fingerprint density at radius 3 is 2.57 bits per heavy atom. The second kappa shape index (κ2) is 4.53. The van der Waals surface area contributed by atoms with Crippen molar-refractivity contribution in [2.24, 2.45) is 11.8 Å². The summed E-state index contributed by atoms with van der Waals surface area (Å²) in [5, 5.41) is 6.03. The molecule has 3 aliphatic heterocycles. The van der Waals surface area contributed by atoms with Crippen molar-refractivity contribution in [3.8, 4) is 0 Å². The molecular weight excluding hydrogens is 290 g/mol. The molecule has 1 aromatic carbocycles. The predicted molar refractivity (Wildman–Crippen MR) is 77.4 cm³/mol. The molecule has 3 heterocycles. The van der Waals surface area contributed by atoms with Crippen LogP contribution in [-0.2, 0) is 21.2 Å². The van der Waals surface area contributed by atoms with Gasteiger partial charge in [0.05, 0.1) is 11.3 Å². The van der Waals surface area contributed by atoms with E-state index in [0.717, 1.165) is 24.3 Å². The first-order chi connectivity index (χ1) is 10.0. The van der Waals surface area contributed by atoms with Crippen LogP contribution in [0.25, 0.3) is 0 Å². The summed E-state index contributed by atoms with van der Waals surface area (Å²) < 4.78 is 27.1. The van der Waals surface area contributed by atoms with Gasteiger partial charge in [-0.1, -0.05) is 0 Å². The number of benzene rings is 1. The van der Waals surface area contributed by atoms with Crippen LogP contribution in [0.15, 0.2) is 23.1 Å². The van der Waals surface area contributed by atoms with Gasteiger partial charge in [0, 0.05) is 18.8 Å². The summed E-state index contributed by atoms with van der Waals surface area (Å²) in [6.07, 6.45) is 0.258. The summed E-state index contributed by atoms with van der Waals surface area (Å²) in [7, 11) is -3.45. The van der Waals surface area contributed by atoms with Crippen LogP contribution >= 0.6 is 0 Å². The normalized spacial score (nSPS) is 28.5. The molecule has 2 N–H and O–H groups in total. The standard InChI is InChI=1S/C14H17N3O3S/c18-14-4-9-3-12(1-2-13(9)16-14)21(19,20)17-7-10-5-15-6-11(10)8-17/h1-3,10-11,15H,4-8H2,(H,16,18)/t10-,11+. The lowest BCUT2D eigenvalue weighted by Gasteiger charge is -2.18. The monoisotopic (exact) mass is 307 g/mol. The Hall–Kier alpha value is -1.44. The number of rotatable bonds is 2. The Morgan fingerprint density at radius 1 is 1.14 bits per heavy atom. The molecule has 1 aromatic rings. The van der Waals surface area contributed by atoms with Crippen LogP contribution in [-0.4, -0.2) is 44.8 Å². The summed E-state index contributed by atoms with van der Waals surface area (Å²) in [4.78, 5) is 11.7. The van der Waals surface area contributed by atoms with Crippen LogP contribution in [0.2, 0.25) is 0 Å². The minimum Gasteiger partial charge on any atom is -0.326 e. The molecule has 2 atom stereocenters. The molecular formula is C14H17N3O3S. The van der Waals surface area contributed by atoms with Gasteiger partial charge in [-0.25, -0.2) is 8.42 Å². The topological polar surface area (TPSA) is 78.5 Å². The quantitative estimate of drug-likeness (QED) is 0.807. The van der Waals surface area contributed by atoms with Gasteiger partial charge in [-0.2, -0.15) is 4.31 Å². The molecule has 0 aliphatic carbocycles. The van der Waals surface area contributed by atoms with E-state index in [4.69, 9.17) is 0 Å². The van der Waals surface area contributed by atoms with Crippen molar-refractivity contribution in [2.75, 3.05) is 31.5 Å². The zero-order valence-electron chi connectivity index (χ0n) is 11.5. The molecule has 4 rings (SSSR count). The summed E-state index contributed by atoms with van der Waals surface area (Å²) in [5.41, 5.74) is 1.49. The van der Waals surface area contributed by atoms with E-state index >= 15 is 0 Å². The fourth-order valence-corrected chi connectivity index (χ4v) is 5.13. The number of hydrogen-bond donors (Lipinski definition) is 2. The van der Waals surface area contributed by atoms with Crippen LogP contribution < -0.4 is 10.6 Å².